The Bertz CT molecular complexity index is 2610. The van der Waals surface area contributed by atoms with Crippen molar-refractivity contribution in [1.82, 2.24) is 33.4 Å². The summed E-state index contributed by atoms with van der Waals surface area (Å²) in [6.07, 6.45) is -10.1. The van der Waals surface area contributed by atoms with Gasteiger partial charge in [0.2, 0.25) is 0 Å². The van der Waals surface area contributed by atoms with Crippen molar-refractivity contribution in [3.05, 3.63) is 52.6 Å². The van der Waals surface area contributed by atoms with Gasteiger partial charge in [-0.3, -0.25) is 0 Å². The molecule has 340 valence electrons. The number of carbonyl (C=O) groups is 4. The third kappa shape index (κ3) is 12.1. The molecule has 0 aromatic carbocycles. The zero-order chi connectivity index (χ0) is 47.0. The minimum atomic E-state index is -5.27. The van der Waals surface area contributed by atoms with Gasteiger partial charge in [0, 0.05) is 34.5 Å². The van der Waals surface area contributed by atoms with E-state index in [-0.39, 0.29) is 59.1 Å². The Balaban J connectivity index is 0.000000349. The molecule has 0 radical (unpaired) electrons. The molecule has 0 aliphatic rings. The van der Waals surface area contributed by atoms with Crippen LogP contribution in [0.15, 0.2) is 30.1 Å². The second kappa shape index (κ2) is 20.4. The molecule has 0 saturated heterocycles. The van der Waals surface area contributed by atoms with Gasteiger partial charge in [0.05, 0.1) is 38.6 Å². The maximum absolute atomic E-state index is 13.3. The number of nitrogens with zero attached hydrogens (tertiary/aromatic N) is 6. The van der Waals surface area contributed by atoms with Gasteiger partial charge in [-0.05, 0) is 27.7 Å². The third-order valence-corrected chi connectivity index (χ3v) is 11.9. The molecule has 0 saturated carbocycles. The minimum Gasteiger partial charge on any atom is -0.467 e. The van der Waals surface area contributed by atoms with Crippen molar-refractivity contribution in [2.75, 3.05) is 27.4 Å². The highest BCUT2D eigenvalue weighted by Gasteiger charge is 2.44. The molecule has 0 fully saturated rings. The van der Waals surface area contributed by atoms with Crippen LogP contribution in [-0.4, -0.2) is 97.0 Å². The van der Waals surface area contributed by atoms with Crippen molar-refractivity contribution in [3.8, 4) is 12.0 Å². The predicted molar refractivity (Wildman–Crippen MR) is 197 cm³/mol. The molecular formula is C28H31ClF6N8O14S4. The number of methoxy groups -OCH3 is 2. The Labute approximate surface area is 350 Å². The van der Waals surface area contributed by atoms with E-state index < -0.39 is 97.5 Å². The molecule has 61 heavy (non-hydrogen) atoms. The van der Waals surface area contributed by atoms with E-state index in [1.165, 1.54) is 37.2 Å². The first kappa shape index (κ1) is 51.7. The standard InChI is InChI=1S/C14H15F3N4O7S2.C8H6ClF3O4S2.C6H10N4O3/c1-4-20-12(27-3)18-21(13(20)24)11(23)19-30(25,26)8-7(10(22)28-5-2)6-29-9(8)14(15,16)17;1-2-16-7(13)4-3-17-6(8(10,11)12)5(4)18(9,14)15;1-3-9-5(13-2)8-10(4(7)11)6(9)12/h6H,4-5H2,1-3H3,(H,19,23);3H,2H2,1H3;3H2,1-2H3,(H2,7,11). The number of rotatable bonds is 11. The maximum Gasteiger partial charge on any atom is 0.426 e. The molecule has 4 aromatic rings. The van der Waals surface area contributed by atoms with Crippen molar-refractivity contribution in [2.24, 2.45) is 5.73 Å². The second-order valence-electron chi connectivity index (χ2n) is 10.6. The molecule has 0 unspecified atom stereocenters. The summed E-state index contributed by atoms with van der Waals surface area (Å²) in [6, 6.07) is -2.84. The monoisotopic (exact) mass is 980 g/mol. The number of thiophene rings is 2. The van der Waals surface area contributed by atoms with Crippen LogP contribution in [0.5, 0.6) is 12.0 Å². The number of alkyl halides is 6. The molecule has 4 rings (SSSR count). The number of ether oxygens (including phenoxy) is 4. The van der Waals surface area contributed by atoms with Gasteiger partial charge in [-0.2, -0.15) is 26.3 Å². The number of aromatic nitrogens is 6. The average Bonchev–Trinajstić information content (AvgIpc) is 3.94. The summed E-state index contributed by atoms with van der Waals surface area (Å²) >= 11 is 0.0142. The number of nitrogens with one attached hydrogen (secondary N) is 1. The van der Waals surface area contributed by atoms with E-state index in [4.69, 9.17) is 25.9 Å². The fourth-order valence-electron chi connectivity index (χ4n) is 4.38. The van der Waals surface area contributed by atoms with Crippen LogP contribution in [-0.2, 0) is 54.0 Å². The fourth-order valence-corrected chi connectivity index (χ4v) is 9.65. The van der Waals surface area contributed by atoms with Crippen LogP contribution >= 0.6 is 33.4 Å². The van der Waals surface area contributed by atoms with Gasteiger partial charge in [0.25, 0.3) is 19.1 Å². The Kier molecular flexibility index (Phi) is 17.3. The lowest BCUT2D eigenvalue weighted by Crippen LogP contribution is -2.41. The van der Waals surface area contributed by atoms with E-state index in [1.807, 2.05) is 0 Å². The number of amides is 2. The Morgan fingerprint density at radius 3 is 1.44 bits per heavy atom. The Hall–Kier alpha value is -5.47. The first-order valence-corrected chi connectivity index (χ1v) is 21.6. The van der Waals surface area contributed by atoms with Crippen LogP contribution in [0, 0.1) is 0 Å². The summed E-state index contributed by atoms with van der Waals surface area (Å²) in [5.41, 5.74) is 1.61. The molecule has 0 spiro atoms. The molecule has 3 N–H and O–H groups in total. The van der Waals surface area contributed by atoms with E-state index in [0.29, 0.717) is 16.6 Å². The normalized spacial score (nSPS) is 11.7. The van der Waals surface area contributed by atoms with Crippen LogP contribution in [0.25, 0.3) is 0 Å². The largest absolute Gasteiger partial charge is 0.467 e. The minimum absolute atomic E-state index is 0.0117. The smallest absolute Gasteiger partial charge is 0.426 e. The highest BCUT2D eigenvalue weighted by molar-refractivity contribution is 8.14. The van der Waals surface area contributed by atoms with Gasteiger partial charge >= 0.3 is 59.8 Å². The number of sulfonamides is 1. The van der Waals surface area contributed by atoms with Crippen molar-refractivity contribution >= 4 is 76.4 Å². The van der Waals surface area contributed by atoms with Crippen LogP contribution in [0.3, 0.4) is 0 Å². The van der Waals surface area contributed by atoms with Gasteiger partial charge in [-0.15, -0.1) is 42.2 Å². The van der Waals surface area contributed by atoms with Crippen LogP contribution < -0.4 is 31.3 Å². The third-order valence-electron chi connectivity index (χ3n) is 6.79. The number of hydrogen-bond acceptors (Lipinski definition) is 18. The Morgan fingerprint density at radius 2 is 1.11 bits per heavy atom. The topological polar surface area (TPSA) is 291 Å². The van der Waals surface area contributed by atoms with Crippen LogP contribution in [0.2, 0.25) is 0 Å². The summed E-state index contributed by atoms with van der Waals surface area (Å²) in [5.74, 6) is -2.49. The number of primary amides is 1. The highest BCUT2D eigenvalue weighted by Crippen LogP contribution is 2.42. The summed E-state index contributed by atoms with van der Waals surface area (Å²) in [6.45, 7) is 6.10. The van der Waals surface area contributed by atoms with Gasteiger partial charge < -0.3 is 24.7 Å². The van der Waals surface area contributed by atoms with E-state index in [1.54, 1.807) is 6.92 Å². The molecule has 4 heterocycles. The van der Waals surface area contributed by atoms with E-state index in [2.05, 4.69) is 19.7 Å². The lowest BCUT2D eigenvalue weighted by molar-refractivity contribution is -0.137. The van der Waals surface area contributed by atoms with E-state index >= 15 is 0 Å². The lowest BCUT2D eigenvalue weighted by Gasteiger charge is -2.11. The molecule has 2 amide bonds. The van der Waals surface area contributed by atoms with E-state index in [0.717, 1.165) is 17.1 Å². The summed E-state index contributed by atoms with van der Waals surface area (Å²) in [4.78, 5) is 63.9. The van der Waals surface area contributed by atoms with Crippen molar-refractivity contribution in [2.45, 2.75) is 62.9 Å². The number of carbonyl (C=O) groups excluding carboxylic acids is 4. The zero-order valence-electron chi connectivity index (χ0n) is 31.7. The number of nitrogens with two attached hydrogens (primary N) is 1. The first-order valence-electron chi connectivity index (χ1n) is 16.1. The van der Waals surface area contributed by atoms with Crippen molar-refractivity contribution in [1.29, 1.82) is 0 Å². The van der Waals surface area contributed by atoms with E-state index in [9.17, 15) is 71.9 Å². The van der Waals surface area contributed by atoms with Crippen LogP contribution in [0.4, 0.5) is 35.9 Å². The van der Waals surface area contributed by atoms with Gasteiger partial charge in [0.15, 0.2) is 0 Å². The summed E-state index contributed by atoms with van der Waals surface area (Å²) < 4.78 is 148. The molecule has 33 heteroatoms. The average molecular weight is 981 g/mol. The lowest BCUT2D eigenvalue weighted by atomic mass is 10.3. The molecule has 0 aliphatic heterocycles. The fraction of sp³-hybridized carbons (Fsp3) is 0.429. The second-order valence-corrected chi connectivity index (χ2v) is 16.5. The molecule has 22 nitrogen and oxygen atoms in total. The number of esters is 2. The number of halogens is 7. The summed E-state index contributed by atoms with van der Waals surface area (Å²) in [7, 11) is -2.54. The van der Waals surface area contributed by atoms with Crippen molar-refractivity contribution in [3.63, 3.8) is 0 Å². The Morgan fingerprint density at radius 1 is 0.738 bits per heavy atom. The molecule has 0 atom stereocenters. The molecular weight excluding hydrogens is 950 g/mol. The highest BCUT2D eigenvalue weighted by atomic mass is 35.7. The molecule has 0 bridgehead atoms. The first-order chi connectivity index (χ1) is 28.1. The van der Waals surface area contributed by atoms with Crippen LogP contribution in [0.1, 0.15) is 58.2 Å². The van der Waals surface area contributed by atoms with Gasteiger partial charge in [-0.25, -0.2) is 59.5 Å². The number of hydrogen-bond donors (Lipinski definition) is 2. The summed E-state index contributed by atoms with van der Waals surface area (Å²) in [5, 5.41) is 8.46. The zero-order valence-corrected chi connectivity index (χ0v) is 35.8. The van der Waals surface area contributed by atoms with Gasteiger partial charge in [-0.1, -0.05) is 0 Å². The quantitative estimate of drug-likeness (QED) is 0.124. The van der Waals surface area contributed by atoms with Gasteiger partial charge in [0.1, 0.15) is 19.5 Å². The molecule has 4 aromatic heterocycles. The predicted octanol–water partition coefficient (Wildman–Crippen LogP) is 3.15. The molecule has 0 aliphatic carbocycles. The SMILES string of the molecule is CCOC(=O)c1csc(C(F)(F)F)c1S(=O)(=O)Cl.CCOC(=O)c1csc(C(F)(F)F)c1S(=O)(=O)NC(=O)n1nc(OC)n(CC)c1=O.CCn1c(OC)nn(C(N)=O)c1=O. The van der Waals surface area contributed by atoms with Crippen molar-refractivity contribution < 1.29 is 81.3 Å². The maximum atomic E-state index is 13.3.